The molecule has 1 rings (SSSR count). The van der Waals surface area contributed by atoms with Crippen LogP contribution in [0.3, 0.4) is 0 Å². The number of hydrogen-bond acceptors (Lipinski definition) is 2. The van der Waals surface area contributed by atoms with Crippen LogP contribution in [0.5, 0.6) is 0 Å². The number of hydrogen-bond donors (Lipinski definition) is 1. The first-order valence-corrected chi connectivity index (χ1v) is 5.10. The maximum absolute atomic E-state index is 5.91. The van der Waals surface area contributed by atoms with E-state index in [9.17, 15) is 0 Å². The van der Waals surface area contributed by atoms with Gasteiger partial charge in [0.15, 0.2) is 0 Å². The Hall–Kier alpha value is -0.470. The minimum absolute atomic E-state index is 0.643. The Labute approximate surface area is 85.3 Å². The van der Waals surface area contributed by atoms with E-state index in [4.69, 9.17) is 11.6 Å². The van der Waals surface area contributed by atoms with Crippen LogP contribution in [0.1, 0.15) is 13.3 Å². The fourth-order valence-corrected chi connectivity index (χ4v) is 1.83. The summed E-state index contributed by atoms with van der Waals surface area (Å²) < 4.78 is 0. The van der Waals surface area contributed by atoms with Crippen molar-refractivity contribution in [3.63, 3.8) is 0 Å². The first kappa shape index (κ1) is 10.6. The average Bonchev–Trinajstić information content (AvgIpc) is 2.33. The lowest BCUT2D eigenvalue weighted by Gasteiger charge is -2.24. The van der Waals surface area contributed by atoms with Gasteiger partial charge in [0, 0.05) is 19.6 Å². The summed E-state index contributed by atoms with van der Waals surface area (Å²) in [6.07, 6.45) is 3.20. The summed E-state index contributed by atoms with van der Waals surface area (Å²) in [6, 6.07) is 0. The van der Waals surface area contributed by atoms with Gasteiger partial charge < -0.3 is 10.2 Å². The molecule has 0 atom stereocenters. The van der Waals surface area contributed by atoms with Crippen LogP contribution in [-0.2, 0) is 0 Å². The van der Waals surface area contributed by atoms with Gasteiger partial charge in [0.1, 0.15) is 0 Å². The van der Waals surface area contributed by atoms with E-state index < -0.39 is 0 Å². The number of rotatable bonds is 2. The zero-order valence-corrected chi connectivity index (χ0v) is 8.90. The normalized spacial score (nSPS) is 19.8. The molecule has 1 aliphatic rings. The van der Waals surface area contributed by atoms with Crippen molar-refractivity contribution in [3.8, 4) is 0 Å². The monoisotopic (exact) mass is 200 g/mol. The predicted octanol–water partition coefficient (Wildman–Crippen LogP) is 1.94. The molecule has 0 spiro atoms. The Morgan fingerprint density at radius 3 is 2.85 bits per heavy atom. The lowest BCUT2D eigenvalue weighted by Crippen LogP contribution is -2.27. The van der Waals surface area contributed by atoms with E-state index in [1.54, 1.807) is 0 Å². The van der Waals surface area contributed by atoms with Gasteiger partial charge >= 0.3 is 0 Å². The standard InChI is InChI=1S/C10H17ClN2/c1-3-10(9(2)11)13-7-4-5-12-6-8-13/h3,12H,2,4-8H2,1H3. The summed E-state index contributed by atoms with van der Waals surface area (Å²) in [7, 11) is 0. The highest BCUT2D eigenvalue weighted by Crippen LogP contribution is 2.17. The van der Waals surface area contributed by atoms with Gasteiger partial charge in [0.25, 0.3) is 0 Å². The topological polar surface area (TPSA) is 15.3 Å². The number of nitrogens with zero attached hydrogens (tertiary/aromatic N) is 1. The quantitative estimate of drug-likeness (QED) is 0.686. The first-order valence-electron chi connectivity index (χ1n) is 4.72. The molecule has 1 heterocycles. The molecule has 0 aromatic rings. The number of nitrogens with one attached hydrogen (secondary N) is 1. The molecule has 0 aromatic carbocycles. The van der Waals surface area contributed by atoms with Crippen LogP contribution in [0.25, 0.3) is 0 Å². The third-order valence-corrected chi connectivity index (χ3v) is 2.43. The third kappa shape index (κ3) is 3.05. The average molecular weight is 201 g/mol. The summed E-state index contributed by atoms with van der Waals surface area (Å²) in [4.78, 5) is 2.29. The largest absolute Gasteiger partial charge is 0.369 e. The van der Waals surface area contributed by atoms with E-state index in [2.05, 4.69) is 16.8 Å². The van der Waals surface area contributed by atoms with Gasteiger partial charge in [-0.2, -0.15) is 0 Å². The van der Waals surface area contributed by atoms with Crippen LogP contribution in [0.4, 0.5) is 0 Å². The fraction of sp³-hybridized carbons (Fsp3) is 0.600. The zero-order valence-electron chi connectivity index (χ0n) is 8.15. The highest BCUT2D eigenvalue weighted by Gasteiger charge is 2.12. The molecular weight excluding hydrogens is 184 g/mol. The summed E-state index contributed by atoms with van der Waals surface area (Å²) in [5.41, 5.74) is 1.07. The second-order valence-electron chi connectivity index (χ2n) is 3.17. The summed E-state index contributed by atoms with van der Waals surface area (Å²) in [6.45, 7) is 9.98. The van der Waals surface area contributed by atoms with Gasteiger partial charge in [0.2, 0.25) is 0 Å². The maximum Gasteiger partial charge on any atom is 0.0564 e. The Bertz CT molecular complexity index is 203. The summed E-state index contributed by atoms with van der Waals surface area (Å²) in [5.74, 6) is 0. The second kappa shape index (κ2) is 5.30. The van der Waals surface area contributed by atoms with Crippen molar-refractivity contribution in [2.75, 3.05) is 26.2 Å². The van der Waals surface area contributed by atoms with E-state index in [0.29, 0.717) is 5.03 Å². The molecule has 1 saturated heterocycles. The smallest absolute Gasteiger partial charge is 0.0564 e. The molecule has 74 valence electrons. The molecule has 13 heavy (non-hydrogen) atoms. The van der Waals surface area contributed by atoms with E-state index in [0.717, 1.165) is 31.9 Å². The van der Waals surface area contributed by atoms with Crippen LogP contribution in [0.2, 0.25) is 0 Å². The Morgan fingerprint density at radius 1 is 1.46 bits per heavy atom. The van der Waals surface area contributed by atoms with Crippen molar-refractivity contribution in [2.24, 2.45) is 0 Å². The molecule has 0 bridgehead atoms. The SMILES string of the molecule is C=C(Cl)C(=CC)N1CCCNCC1. The molecule has 2 nitrogen and oxygen atoms in total. The van der Waals surface area contributed by atoms with E-state index in [1.807, 2.05) is 13.0 Å². The third-order valence-electron chi connectivity index (χ3n) is 2.23. The van der Waals surface area contributed by atoms with Crippen molar-refractivity contribution in [2.45, 2.75) is 13.3 Å². The molecule has 3 heteroatoms. The molecular formula is C10H17ClN2. The van der Waals surface area contributed by atoms with Gasteiger partial charge in [0.05, 0.1) is 10.7 Å². The molecule has 0 amide bonds. The van der Waals surface area contributed by atoms with Crippen molar-refractivity contribution in [1.82, 2.24) is 10.2 Å². The van der Waals surface area contributed by atoms with Crippen LogP contribution in [-0.4, -0.2) is 31.1 Å². The van der Waals surface area contributed by atoms with Crippen molar-refractivity contribution in [3.05, 3.63) is 23.4 Å². The summed E-state index contributed by atoms with van der Waals surface area (Å²) in [5, 5.41) is 4.00. The molecule has 0 aromatic heterocycles. The van der Waals surface area contributed by atoms with Crippen molar-refractivity contribution >= 4 is 11.6 Å². The predicted molar refractivity (Wildman–Crippen MR) is 57.8 cm³/mol. The molecule has 0 unspecified atom stereocenters. The lowest BCUT2D eigenvalue weighted by molar-refractivity contribution is 0.377. The molecule has 1 aliphatic heterocycles. The van der Waals surface area contributed by atoms with Gasteiger partial charge in [-0.05, 0) is 19.9 Å². The van der Waals surface area contributed by atoms with E-state index in [-0.39, 0.29) is 0 Å². The molecule has 0 aliphatic carbocycles. The minimum Gasteiger partial charge on any atom is -0.369 e. The summed E-state index contributed by atoms with van der Waals surface area (Å²) >= 11 is 5.91. The van der Waals surface area contributed by atoms with Crippen LogP contribution < -0.4 is 5.32 Å². The lowest BCUT2D eigenvalue weighted by atomic mass is 10.3. The second-order valence-corrected chi connectivity index (χ2v) is 3.63. The maximum atomic E-state index is 5.91. The molecule has 1 fully saturated rings. The molecule has 0 radical (unpaired) electrons. The Kier molecular flexibility index (Phi) is 4.33. The van der Waals surface area contributed by atoms with Crippen LogP contribution in [0, 0.1) is 0 Å². The van der Waals surface area contributed by atoms with Gasteiger partial charge in [-0.15, -0.1) is 0 Å². The number of allylic oxidation sites excluding steroid dienone is 2. The molecule has 1 N–H and O–H groups in total. The number of halogens is 1. The minimum atomic E-state index is 0.643. The highest BCUT2D eigenvalue weighted by molar-refractivity contribution is 6.31. The van der Waals surface area contributed by atoms with E-state index >= 15 is 0 Å². The zero-order chi connectivity index (χ0) is 9.68. The fourth-order valence-electron chi connectivity index (χ4n) is 1.60. The van der Waals surface area contributed by atoms with E-state index in [1.165, 1.54) is 6.42 Å². The van der Waals surface area contributed by atoms with Crippen LogP contribution in [0.15, 0.2) is 23.4 Å². The molecule has 0 saturated carbocycles. The van der Waals surface area contributed by atoms with Gasteiger partial charge in [-0.25, -0.2) is 0 Å². The van der Waals surface area contributed by atoms with Crippen molar-refractivity contribution in [1.29, 1.82) is 0 Å². The van der Waals surface area contributed by atoms with Gasteiger partial charge in [-0.1, -0.05) is 24.3 Å². The Morgan fingerprint density at radius 2 is 2.23 bits per heavy atom. The van der Waals surface area contributed by atoms with Crippen molar-refractivity contribution < 1.29 is 0 Å². The Balaban J connectivity index is 2.61. The highest BCUT2D eigenvalue weighted by atomic mass is 35.5. The first-order chi connectivity index (χ1) is 6.25. The van der Waals surface area contributed by atoms with Crippen LogP contribution >= 0.6 is 11.6 Å². The van der Waals surface area contributed by atoms with Gasteiger partial charge in [-0.3, -0.25) is 0 Å².